The summed E-state index contributed by atoms with van der Waals surface area (Å²) in [6.45, 7) is 2.96. The van der Waals surface area contributed by atoms with Crippen LogP contribution in [0.5, 0.6) is 0 Å². The summed E-state index contributed by atoms with van der Waals surface area (Å²) in [5, 5.41) is 15.0. The van der Waals surface area contributed by atoms with Crippen LogP contribution >= 0.6 is 0 Å². The fourth-order valence-electron chi connectivity index (χ4n) is 5.75. The van der Waals surface area contributed by atoms with Crippen molar-refractivity contribution in [2.75, 3.05) is 18.9 Å². The summed E-state index contributed by atoms with van der Waals surface area (Å²) in [6.07, 6.45) is -0.121. The summed E-state index contributed by atoms with van der Waals surface area (Å²) in [5.74, 6) is -0.154. The molecule has 0 radical (unpaired) electrons. The second-order valence-electron chi connectivity index (χ2n) is 11.5. The first-order chi connectivity index (χ1) is 21.5. The smallest absolute Gasteiger partial charge is 0.255 e. The topological polar surface area (TPSA) is 71.0 Å². The van der Waals surface area contributed by atoms with Gasteiger partial charge in [0.25, 0.3) is 5.91 Å². The Bertz CT molecular complexity index is 1690. The lowest BCUT2D eigenvalue weighted by Crippen LogP contribution is -2.38. The van der Waals surface area contributed by atoms with Crippen LogP contribution in [-0.4, -0.2) is 35.6 Å². The largest absolute Gasteiger partial charge is 0.392 e. The van der Waals surface area contributed by atoms with Gasteiger partial charge in [-0.1, -0.05) is 91.0 Å². The molecular weight excluding hydrogens is 548 g/mol. The Morgan fingerprint density at radius 1 is 0.841 bits per heavy atom. The van der Waals surface area contributed by atoms with Crippen molar-refractivity contribution < 1.29 is 19.4 Å². The number of aliphatic hydroxyl groups excluding tert-OH is 1. The summed E-state index contributed by atoms with van der Waals surface area (Å²) in [4.78, 5) is 15.0. The van der Waals surface area contributed by atoms with E-state index in [1.165, 1.54) is 16.3 Å². The number of nitrogens with one attached hydrogen (secondary N) is 1. The second-order valence-corrected chi connectivity index (χ2v) is 11.5. The molecule has 5 aromatic rings. The molecule has 2 N–H and O–H groups in total. The number of amides is 1. The Morgan fingerprint density at radius 3 is 2.25 bits per heavy atom. The minimum absolute atomic E-state index is 0.00474. The van der Waals surface area contributed by atoms with Crippen molar-refractivity contribution in [3.05, 3.63) is 149 Å². The fourth-order valence-corrected chi connectivity index (χ4v) is 5.75. The lowest BCUT2D eigenvalue weighted by atomic mass is 9.98. The number of nitrogens with zero attached hydrogens (tertiary/aromatic N) is 1. The summed E-state index contributed by atoms with van der Waals surface area (Å²) in [5.41, 5.74) is 5.38. The highest BCUT2D eigenvalue weighted by atomic mass is 16.7. The number of carbonyl (C=O) groups is 1. The molecule has 0 unspecified atom stereocenters. The highest BCUT2D eigenvalue weighted by molar-refractivity contribution is 6.04. The normalized spacial score (nSPS) is 19.1. The number of rotatable bonds is 9. The number of hydrogen-bond acceptors (Lipinski definition) is 5. The first-order valence-corrected chi connectivity index (χ1v) is 15.1. The predicted octanol–water partition coefficient (Wildman–Crippen LogP) is 7.82. The van der Waals surface area contributed by atoms with E-state index in [2.05, 4.69) is 66.7 Å². The summed E-state index contributed by atoms with van der Waals surface area (Å²) in [7, 11) is 2.14. The van der Waals surface area contributed by atoms with Gasteiger partial charge in [0.1, 0.15) is 0 Å². The van der Waals surface area contributed by atoms with Gasteiger partial charge in [-0.15, -0.1) is 0 Å². The number of ether oxygens (including phenoxy) is 2. The zero-order chi connectivity index (χ0) is 30.5. The maximum atomic E-state index is 12.6. The molecule has 224 valence electrons. The molecule has 6 heteroatoms. The second kappa shape index (κ2) is 13.5. The summed E-state index contributed by atoms with van der Waals surface area (Å²) in [6, 6.07) is 40.1. The molecule has 1 amide bonds. The molecule has 0 spiro atoms. The van der Waals surface area contributed by atoms with E-state index in [0.717, 1.165) is 23.2 Å². The third kappa shape index (κ3) is 6.90. The van der Waals surface area contributed by atoms with Gasteiger partial charge in [-0.05, 0) is 71.8 Å². The van der Waals surface area contributed by atoms with Crippen molar-refractivity contribution >= 4 is 22.4 Å². The quantitative estimate of drug-likeness (QED) is 0.184. The molecule has 1 saturated heterocycles. The standard InChI is InChI=1S/C38H38N2O4/c1-26(32-17-16-28-8-6-7-11-33(28)22-32)40(2)24-35-23-36(29-14-12-27(25-41)13-15-29)44-38(43-35)31-18-20-34(21-19-31)39-37(42)30-9-4-3-5-10-30/h3-22,26,35-36,38,41H,23-25H2,1-2H3,(H,39,42)/t26-,35+,36-,38-/m1/s1. The zero-order valence-electron chi connectivity index (χ0n) is 25.1. The number of anilines is 1. The van der Waals surface area contributed by atoms with E-state index in [1.807, 2.05) is 66.7 Å². The number of aliphatic hydroxyl groups is 1. The maximum Gasteiger partial charge on any atom is 0.255 e. The number of carbonyl (C=O) groups excluding carboxylic acids is 1. The third-order valence-electron chi connectivity index (χ3n) is 8.50. The zero-order valence-corrected chi connectivity index (χ0v) is 25.1. The Morgan fingerprint density at radius 2 is 1.52 bits per heavy atom. The number of benzene rings is 5. The first kappa shape index (κ1) is 29.7. The van der Waals surface area contributed by atoms with Crippen LogP contribution in [0.15, 0.2) is 121 Å². The molecule has 1 aliphatic rings. The molecule has 0 bridgehead atoms. The number of likely N-dealkylation sites (N-methyl/N-ethyl adjacent to an activating group) is 1. The van der Waals surface area contributed by atoms with Crippen molar-refractivity contribution in [2.24, 2.45) is 0 Å². The van der Waals surface area contributed by atoms with Crippen LogP contribution in [0.4, 0.5) is 5.69 Å². The van der Waals surface area contributed by atoms with E-state index in [4.69, 9.17) is 9.47 Å². The molecule has 4 atom stereocenters. The van der Waals surface area contributed by atoms with E-state index in [0.29, 0.717) is 17.7 Å². The highest BCUT2D eigenvalue weighted by Gasteiger charge is 2.33. The average Bonchev–Trinajstić information content (AvgIpc) is 3.08. The molecule has 1 aliphatic heterocycles. The van der Waals surface area contributed by atoms with E-state index in [1.54, 1.807) is 12.1 Å². The van der Waals surface area contributed by atoms with E-state index in [9.17, 15) is 9.90 Å². The third-order valence-corrected chi connectivity index (χ3v) is 8.50. The van der Waals surface area contributed by atoms with Crippen molar-refractivity contribution in [3.63, 3.8) is 0 Å². The van der Waals surface area contributed by atoms with E-state index < -0.39 is 6.29 Å². The van der Waals surface area contributed by atoms with Gasteiger partial charge < -0.3 is 19.9 Å². The molecular formula is C38H38N2O4. The highest BCUT2D eigenvalue weighted by Crippen LogP contribution is 2.39. The van der Waals surface area contributed by atoms with Crippen LogP contribution in [0.25, 0.3) is 10.8 Å². The van der Waals surface area contributed by atoms with Gasteiger partial charge in [0.05, 0.1) is 18.8 Å². The molecule has 5 aromatic carbocycles. The van der Waals surface area contributed by atoms with Crippen LogP contribution in [-0.2, 0) is 16.1 Å². The van der Waals surface area contributed by atoms with Crippen LogP contribution in [0.1, 0.15) is 64.4 Å². The molecule has 0 saturated carbocycles. The van der Waals surface area contributed by atoms with Crippen molar-refractivity contribution in [1.29, 1.82) is 0 Å². The van der Waals surface area contributed by atoms with Gasteiger partial charge in [-0.3, -0.25) is 9.69 Å². The van der Waals surface area contributed by atoms with Gasteiger partial charge in [-0.25, -0.2) is 0 Å². The maximum absolute atomic E-state index is 12.6. The Hall–Kier alpha value is -4.33. The SMILES string of the molecule is C[C@H](c1ccc2ccccc2c1)N(C)C[C@@H]1C[C@H](c2ccc(CO)cc2)O[C@H](c2ccc(NC(=O)c3ccccc3)cc2)O1. The van der Waals surface area contributed by atoms with Gasteiger partial charge in [0.2, 0.25) is 0 Å². The van der Waals surface area contributed by atoms with Crippen molar-refractivity contribution in [3.8, 4) is 0 Å². The van der Waals surface area contributed by atoms with Gasteiger partial charge in [0, 0.05) is 35.8 Å². The minimum Gasteiger partial charge on any atom is -0.392 e. The molecule has 0 aromatic heterocycles. The van der Waals surface area contributed by atoms with Crippen LogP contribution in [0.2, 0.25) is 0 Å². The summed E-state index contributed by atoms with van der Waals surface area (Å²) >= 11 is 0. The lowest BCUT2D eigenvalue weighted by Gasteiger charge is -2.39. The predicted molar refractivity (Wildman–Crippen MR) is 174 cm³/mol. The van der Waals surface area contributed by atoms with Crippen molar-refractivity contribution in [2.45, 2.75) is 44.5 Å². The molecule has 1 heterocycles. The number of hydrogen-bond donors (Lipinski definition) is 2. The molecule has 6 rings (SSSR count). The van der Waals surface area contributed by atoms with Crippen molar-refractivity contribution in [1.82, 2.24) is 4.90 Å². The lowest BCUT2D eigenvalue weighted by molar-refractivity contribution is -0.253. The van der Waals surface area contributed by atoms with Crippen LogP contribution in [0.3, 0.4) is 0 Å². The number of fused-ring (bicyclic) bond motifs is 1. The van der Waals surface area contributed by atoms with Gasteiger partial charge in [-0.2, -0.15) is 0 Å². The summed E-state index contributed by atoms with van der Waals surface area (Å²) < 4.78 is 13.1. The molecule has 6 nitrogen and oxygen atoms in total. The fraction of sp³-hybridized carbons (Fsp3) is 0.237. The molecule has 0 aliphatic carbocycles. The average molecular weight is 587 g/mol. The Kier molecular flexibility index (Phi) is 9.15. The van der Waals surface area contributed by atoms with Gasteiger partial charge >= 0.3 is 0 Å². The monoisotopic (exact) mass is 586 g/mol. The first-order valence-electron chi connectivity index (χ1n) is 15.1. The Labute approximate surface area is 258 Å². The van der Waals surface area contributed by atoms with Crippen LogP contribution in [0, 0.1) is 0 Å². The Balaban J connectivity index is 1.19. The van der Waals surface area contributed by atoms with E-state index >= 15 is 0 Å². The van der Waals surface area contributed by atoms with Gasteiger partial charge in [0.15, 0.2) is 6.29 Å². The molecule has 1 fully saturated rings. The van der Waals surface area contributed by atoms with Crippen LogP contribution < -0.4 is 5.32 Å². The molecule has 44 heavy (non-hydrogen) atoms. The minimum atomic E-state index is -0.570. The van der Waals surface area contributed by atoms with E-state index in [-0.39, 0.29) is 30.8 Å².